The normalized spacial score (nSPS) is 17.3. The van der Waals surface area contributed by atoms with Gasteiger partial charge in [0.25, 0.3) is 11.5 Å². The van der Waals surface area contributed by atoms with E-state index in [-0.39, 0.29) is 44.6 Å². The van der Waals surface area contributed by atoms with Gasteiger partial charge in [0.2, 0.25) is 0 Å². The minimum absolute atomic E-state index is 0.0148. The van der Waals surface area contributed by atoms with Gasteiger partial charge < -0.3 is 10.2 Å². The van der Waals surface area contributed by atoms with Crippen molar-refractivity contribution < 1.29 is 22.8 Å². The summed E-state index contributed by atoms with van der Waals surface area (Å²) in [5, 5.41) is 15.9. The Morgan fingerprint density at radius 2 is 1.89 bits per heavy atom. The number of amides is 1. The summed E-state index contributed by atoms with van der Waals surface area (Å²) in [7, 11) is 0. The number of halogens is 5. The van der Waals surface area contributed by atoms with Crippen LogP contribution in [0.1, 0.15) is 39.2 Å². The molecule has 0 radical (unpaired) electrons. The first-order chi connectivity index (χ1) is 16.6. The fraction of sp³-hybridized carbons (Fsp3) is 0.167. The van der Waals surface area contributed by atoms with Gasteiger partial charge in [0, 0.05) is 33.8 Å². The standard InChI is InChI=1S/C24H15Cl2F3N4O2/c25-17-8-16(9-18(26)10-17)23(24(27,28)29)11-21(33-35-23)14-4-5-20(15(7-14)12-30)22(34)32-13-19-3-1-2-6-31-19/h1-10H,11,13H2,(H,32,34). The first-order valence-electron chi connectivity index (χ1n) is 10.1. The zero-order valence-electron chi connectivity index (χ0n) is 17.7. The Morgan fingerprint density at radius 3 is 2.51 bits per heavy atom. The van der Waals surface area contributed by atoms with E-state index < -0.39 is 24.1 Å². The van der Waals surface area contributed by atoms with Gasteiger partial charge in [-0.25, -0.2) is 0 Å². The predicted molar refractivity (Wildman–Crippen MR) is 123 cm³/mol. The van der Waals surface area contributed by atoms with E-state index in [4.69, 9.17) is 28.0 Å². The highest BCUT2D eigenvalue weighted by atomic mass is 35.5. The average molecular weight is 519 g/mol. The smallest absolute Gasteiger partial charge is 0.374 e. The Kier molecular flexibility index (Phi) is 6.70. The fourth-order valence-corrected chi connectivity index (χ4v) is 4.15. The number of nitrogens with one attached hydrogen (secondary N) is 1. The van der Waals surface area contributed by atoms with Gasteiger partial charge in [0.15, 0.2) is 0 Å². The van der Waals surface area contributed by atoms with E-state index in [1.54, 1.807) is 24.4 Å². The molecule has 4 rings (SSSR count). The quantitative estimate of drug-likeness (QED) is 0.464. The number of oxime groups is 1. The van der Waals surface area contributed by atoms with Crippen LogP contribution in [-0.2, 0) is 17.0 Å². The van der Waals surface area contributed by atoms with Crippen LogP contribution in [-0.4, -0.2) is 22.8 Å². The predicted octanol–water partition coefficient (Wildman–Crippen LogP) is 5.77. The third kappa shape index (κ3) is 4.94. The second-order valence-electron chi connectivity index (χ2n) is 7.66. The van der Waals surface area contributed by atoms with Crippen LogP contribution in [0.3, 0.4) is 0 Å². The monoisotopic (exact) mass is 518 g/mol. The van der Waals surface area contributed by atoms with Crippen LogP contribution in [0.15, 0.2) is 65.9 Å². The molecule has 2 aromatic carbocycles. The molecule has 1 N–H and O–H groups in total. The first kappa shape index (κ1) is 24.5. The van der Waals surface area contributed by atoms with E-state index in [1.165, 1.54) is 24.3 Å². The number of nitriles is 1. The molecule has 0 fully saturated rings. The van der Waals surface area contributed by atoms with Crippen LogP contribution in [0, 0.1) is 11.3 Å². The summed E-state index contributed by atoms with van der Waals surface area (Å²) < 4.78 is 42.6. The van der Waals surface area contributed by atoms with Gasteiger partial charge in [-0.15, -0.1) is 0 Å². The lowest BCUT2D eigenvalue weighted by molar-refractivity contribution is -0.275. The van der Waals surface area contributed by atoms with Crippen molar-refractivity contribution in [3.63, 3.8) is 0 Å². The van der Waals surface area contributed by atoms with E-state index in [1.807, 2.05) is 6.07 Å². The van der Waals surface area contributed by atoms with Gasteiger partial charge in [-0.1, -0.05) is 40.5 Å². The van der Waals surface area contributed by atoms with E-state index in [2.05, 4.69) is 15.5 Å². The number of nitrogens with zero attached hydrogens (tertiary/aromatic N) is 3. The lowest BCUT2D eigenvalue weighted by Gasteiger charge is -2.29. The molecule has 0 spiro atoms. The lowest BCUT2D eigenvalue weighted by Crippen LogP contribution is -2.42. The van der Waals surface area contributed by atoms with Crippen molar-refractivity contribution in [2.45, 2.75) is 24.7 Å². The number of alkyl halides is 3. The van der Waals surface area contributed by atoms with Crippen molar-refractivity contribution >= 4 is 34.8 Å². The SMILES string of the molecule is N#Cc1cc(C2=NOC(c3cc(Cl)cc(Cl)c3)(C(F)(F)F)C2)ccc1C(=O)NCc1ccccn1. The maximum absolute atomic E-state index is 14.2. The van der Waals surface area contributed by atoms with Crippen molar-refractivity contribution in [3.05, 3.63) is 98.8 Å². The van der Waals surface area contributed by atoms with Crippen molar-refractivity contribution in [2.24, 2.45) is 5.16 Å². The molecule has 35 heavy (non-hydrogen) atoms. The summed E-state index contributed by atoms with van der Waals surface area (Å²) >= 11 is 11.8. The van der Waals surface area contributed by atoms with Gasteiger partial charge in [0.05, 0.1) is 35.1 Å². The fourth-order valence-electron chi connectivity index (χ4n) is 3.63. The highest BCUT2D eigenvalue weighted by Crippen LogP contribution is 2.49. The number of aromatic nitrogens is 1. The maximum Gasteiger partial charge on any atom is 0.435 e. The number of benzene rings is 2. The molecule has 0 bridgehead atoms. The van der Waals surface area contributed by atoms with Crippen LogP contribution in [0.2, 0.25) is 10.0 Å². The van der Waals surface area contributed by atoms with Crippen molar-refractivity contribution in [3.8, 4) is 6.07 Å². The number of hydrogen-bond acceptors (Lipinski definition) is 5. The largest absolute Gasteiger partial charge is 0.435 e. The Bertz CT molecular complexity index is 1340. The van der Waals surface area contributed by atoms with E-state index in [0.29, 0.717) is 5.69 Å². The molecule has 3 aromatic rings. The number of carbonyl (C=O) groups excluding carboxylic acids is 1. The van der Waals surface area contributed by atoms with Crippen LogP contribution >= 0.6 is 23.2 Å². The van der Waals surface area contributed by atoms with Crippen LogP contribution in [0.25, 0.3) is 0 Å². The summed E-state index contributed by atoms with van der Waals surface area (Å²) in [6.07, 6.45) is -3.95. The third-order valence-corrected chi connectivity index (χ3v) is 5.83. The van der Waals surface area contributed by atoms with Gasteiger partial charge in [-0.2, -0.15) is 18.4 Å². The van der Waals surface area contributed by atoms with E-state index >= 15 is 0 Å². The summed E-state index contributed by atoms with van der Waals surface area (Å²) in [4.78, 5) is 21.7. The number of hydrogen-bond donors (Lipinski definition) is 1. The molecule has 1 aromatic heterocycles. The summed E-state index contributed by atoms with van der Waals surface area (Å²) in [6, 6.07) is 14.8. The maximum atomic E-state index is 14.2. The summed E-state index contributed by atoms with van der Waals surface area (Å²) in [6.45, 7) is 0.142. The molecular formula is C24H15Cl2F3N4O2. The zero-order valence-corrected chi connectivity index (χ0v) is 19.2. The zero-order chi connectivity index (χ0) is 25.2. The molecule has 11 heteroatoms. The molecule has 0 aliphatic carbocycles. The number of rotatable bonds is 5. The Balaban J connectivity index is 1.60. The highest BCUT2D eigenvalue weighted by molar-refractivity contribution is 6.34. The molecule has 1 atom stereocenters. The molecule has 6 nitrogen and oxygen atoms in total. The minimum atomic E-state index is -4.85. The molecule has 1 unspecified atom stereocenters. The van der Waals surface area contributed by atoms with Crippen LogP contribution < -0.4 is 5.32 Å². The summed E-state index contributed by atoms with van der Waals surface area (Å²) in [5.74, 6) is -0.526. The molecule has 1 aliphatic rings. The Hall–Kier alpha value is -3.61. The van der Waals surface area contributed by atoms with Crippen molar-refractivity contribution in [1.29, 1.82) is 5.26 Å². The highest BCUT2D eigenvalue weighted by Gasteiger charge is 2.62. The van der Waals surface area contributed by atoms with Crippen molar-refractivity contribution in [2.75, 3.05) is 0 Å². The second kappa shape index (κ2) is 9.56. The molecule has 178 valence electrons. The van der Waals surface area contributed by atoms with E-state index in [9.17, 15) is 23.2 Å². The number of pyridine rings is 1. The van der Waals surface area contributed by atoms with Gasteiger partial charge in [-0.05, 0) is 42.5 Å². The summed E-state index contributed by atoms with van der Waals surface area (Å²) in [5.41, 5.74) is -2.28. The second-order valence-corrected chi connectivity index (χ2v) is 8.54. The van der Waals surface area contributed by atoms with Gasteiger partial charge in [-0.3, -0.25) is 9.78 Å². The topological polar surface area (TPSA) is 87.4 Å². The molecule has 0 saturated carbocycles. The van der Waals surface area contributed by atoms with E-state index in [0.717, 1.165) is 12.1 Å². The molecule has 1 aliphatic heterocycles. The minimum Gasteiger partial charge on any atom is -0.374 e. The number of carbonyl (C=O) groups is 1. The molecular weight excluding hydrogens is 504 g/mol. The molecule has 1 amide bonds. The molecule has 0 saturated heterocycles. The van der Waals surface area contributed by atoms with Crippen molar-refractivity contribution in [1.82, 2.24) is 10.3 Å². The van der Waals surface area contributed by atoms with Crippen LogP contribution in [0.5, 0.6) is 0 Å². The van der Waals surface area contributed by atoms with Gasteiger partial charge >= 0.3 is 6.18 Å². The lowest BCUT2D eigenvalue weighted by atomic mass is 9.86. The Labute approximate surface area is 207 Å². The van der Waals surface area contributed by atoms with Gasteiger partial charge in [0.1, 0.15) is 0 Å². The third-order valence-electron chi connectivity index (χ3n) is 5.39. The first-order valence-corrected chi connectivity index (χ1v) is 10.9. The Morgan fingerprint density at radius 1 is 1.14 bits per heavy atom. The van der Waals surface area contributed by atoms with Crippen LogP contribution in [0.4, 0.5) is 13.2 Å². The molecule has 2 heterocycles. The average Bonchev–Trinajstić information content (AvgIpc) is 3.29.